The molecule has 0 bridgehead atoms. The van der Waals surface area contributed by atoms with Crippen molar-refractivity contribution >= 4 is 0 Å². The van der Waals surface area contributed by atoms with E-state index in [0.717, 1.165) is 12.5 Å². The third kappa shape index (κ3) is 4.17. The summed E-state index contributed by atoms with van der Waals surface area (Å²) in [5.74, 6) is 0.917. The summed E-state index contributed by atoms with van der Waals surface area (Å²) in [5, 5.41) is 3.41. The highest BCUT2D eigenvalue weighted by Crippen LogP contribution is 2.19. The lowest BCUT2D eigenvalue weighted by molar-refractivity contribution is 0.0576. The Morgan fingerprint density at radius 2 is 2.24 bits per heavy atom. The number of aromatic nitrogens is 1. The van der Waals surface area contributed by atoms with Gasteiger partial charge in [0.2, 0.25) is 0 Å². The van der Waals surface area contributed by atoms with Crippen LogP contribution in [0.2, 0.25) is 0 Å². The van der Waals surface area contributed by atoms with E-state index in [-0.39, 0.29) is 6.10 Å². The van der Waals surface area contributed by atoms with Gasteiger partial charge in [0.15, 0.2) is 0 Å². The molecule has 3 nitrogen and oxygen atoms in total. The van der Waals surface area contributed by atoms with Gasteiger partial charge in [-0.3, -0.25) is 0 Å². The second kappa shape index (κ2) is 6.82. The van der Waals surface area contributed by atoms with Crippen molar-refractivity contribution < 1.29 is 4.74 Å². The van der Waals surface area contributed by atoms with Crippen LogP contribution in [0.5, 0.6) is 0 Å². The van der Waals surface area contributed by atoms with Gasteiger partial charge in [0, 0.05) is 18.5 Å². The average Bonchev–Trinajstić information content (AvgIpc) is 2.89. The molecule has 0 amide bonds. The van der Waals surface area contributed by atoms with Gasteiger partial charge in [-0.2, -0.15) is 0 Å². The van der Waals surface area contributed by atoms with Crippen LogP contribution >= 0.6 is 0 Å². The zero-order valence-corrected chi connectivity index (χ0v) is 10.7. The zero-order valence-electron chi connectivity index (χ0n) is 10.7. The Kier molecular flexibility index (Phi) is 5.08. The van der Waals surface area contributed by atoms with Crippen molar-refractivity contribution in [2.45, 2.75) is 38.7 Å². The fourth-order valence-corrected chi connectivity index (χ4v) is 2.49. The number of aromatic amines is 1. The largest absolute Gasteiger partial charge is 0.372 e. The van der Waals surface area contributed by atoms with E-state index >= 15 is 0 Å². The number of rotatable bonds is 6. The normalized spacial score (nSPS) is 19.4. The Morgan fingerprint density at radius 1 is 1.41 bits per heavy atom. The second-order valence-corrected chi connectivity index (χ2v) is 4.97. The summed E-state index contributed by atoms with van der Waals surface area (Å²) in [6, 6.07) is 4.10. The van der Waals surface area contributed by atoms with Gasteiger partial charge in [-0.25, -0.2) is 0 Å². The third-order valence-corrected chi connectivity index (χ3v) is 3.64. The summed E-state index contributed by atoms with van der Waals surface area (Å²) in [6.07, 6.45) is 7.33. The van der Waals surface area contributed by atoms with Crippen LogP contribution < -0.4 is 5.32 Å². The molecule has 2 rings (SSSR count). The number of hydrogen-bond donors (Lipinski definition) is 2. The highest BCUT2D eigenvalue weighted by Gasteiger charge is 2.12. The number of piperidine rings is 1. The monoisotopic (exact) mass is 236 g/mol. The Morgan fingerprint density at radius 3 is 2.94 bits per heavy atom. The quantitative estimate of drug-likeness (QED) is 0.745. The van der Waals surface area contributed by atoms with Crippen molar-refractivity contribution in [2.24, 2.45) is 5.92 Å². The van der Waals surface area contributed by atoms with E-state index in [1.54, 1.807) is 0 Å². The minimum absolute atomic E-state index is 0.193. The molecule has 1 saturated heterocycles. The third-order valence-electron chi connectivity index (χ3n) is 3.64. The molecule has 0 radical (unpaired) electrons. The molecule has 0 aromatic carbocycles. The number of H-pyrrole nitrogens is 1. The van der Waals surface area contributed by atoms with Crippen LogP contribution in [-0.4, -0.2) is 24.7 Å². The first-order valence-corrected chi connectivity index (χ1v) is 6.82. The van der Waals surface area contributed by atoms with Gasteiger partial charge in [-0.05, 0) is 63.7 Å². The summed E-state index contributed by atoms with van der Waals surface area (Å²) in [4.78, 5) is 3.19. The first kappa shape index (κ1) is 12.7. The number of ether oxygens (including phenoxy) is 1. The molecule has 1 aliphatic heterocycles. The van der Waals surface area contributed by atoms with Gasteiger partial charge in [-0.1, -0.05) is 0 Å². The summed E-state index contributed by atoms with van der Waals surface area (Å²) in [6.45, 7) is 5.38. The van der Waals surface area contributed by atoms with Crippen LogP contribution in [-0.2, 0) is 4.74 Å². The number of nitrogens with one attached hydrogen (secondary N) is 2. The molecule has 0 saturated carbocycles. The van der Waals surface area contributed by atoms with Gasteiger partial charge in [0.1, 0.15) is 0 Å². The molecule has 0 aliphatic carbocycles. The minimum atomic E-state index is 0.193. The van der Waals surface area contributed by atoms with Crippen molar-refractivity contribution in [3.63, 3.8) is 0 Å². The molecule has 2 heterocycles. The van der Waals surface area contributed by atoms with E-state index in [1.807, 2.05) is 12.3 Å². The average molecular weight is 236 g/mol. The molecule has 96 valence electrons. The predicted octanol–water partition coefficient (Wildman–Crippen LogP) is 2.87. The molecule has 1 aromatic rings. The molecule has 17 heavy (non-hydrogen) atoms. The van der Waals surface area contributed by atoms with Crippen LogP contribution in [0.15, 0.2) is 18.3 Å². The van der Waals surface area contributed by atoms with Crippen molar-refractivity contribution in [3.8, 4) is 0 Å². The lowest BCUT2D eigenvalue weighted by Crippen LogP contribution is -2.27. The molecular formula is C14H24N2O. The van der Waals surface area contributed by atoms with E-state index in [4.69, 9.17) is 4.74 Å². The minimum Gasteiger partial charge on any atom is -0.372 e. The molecule has 0 unspecified atom stereocenters. The summed E-state index contributed by atoms with van der Waals surface area (Å²) >= 11 is 0. The highest BCUT2D eigenvalue weighted by molar-refractivity contribution is 5.06. The van der Waals surface area contributed by atoms with Crippen molar-refractivity contribution in [1.82, 2.24) is 10.3 Å². The molecule has 2 N–H and O–H groups in total. The van der Waals surface area contributed by atoms with Gasteiger partial charge in [-0.15, -0.1) is 0 Å². The summed E-state index contributed by atoms with van der Waals surface area (Å²) < 4.78 is 5.83. The van der Waals surface area contributed by atoms with Gasteiger partial charge in [0.05, 0.1) is 6.10 Å². The second-order valence-electron chi connectivity index (χ2n) is 4.97. The first-order chi connectivity index (χ1) is 8.36. The topological polar surface area (TPSA) is 37.0 Å². The zero-order chi connectivity index (χ0) is 11.9. The van der Waals surface area contributed by atoms with E-state index in [9.17, 15) is 0 Å². The van der Waals surface area contributed by atoms with E-state index in [1.165, 1.54) is 44.5 Å². The lowest BCUT2D eigenvalue weighted by atomic mass is 9.93. The predicted molar refractivity (Wildman–Crippen MR) is 70.0 cm³/mol. The maximum absolute atomic E-state index is 5.83. The Hall–Kier alpha value is -0.800. The Labute approximate surface area is 104 Å². The molecule has 3 heteroatoms. The van der Waals surface area contributed by atoms with Crippen molar-refractivity contribution in [2.75, 3.05) is 19.7 Å². The van der Waals surface area contributed by atoms with E-state index in [2.05, 4.69) is 23.3 Å². The van der Waals surface area contributed by atoms with Crippen molar-refractivity contribution in [1.29, 1.82) is 0 Å². The van der Waals surface area contributed by atoms with Crippen molar-refractivity contribution in [3.05, 3.63) is 24.0 Å². The molecule has 1 atom stereocenters. The molecule has 1 aromatic heterocycles. The van der Waals surface area contributed by atoms with Gasteiger partial charge >= 0.3 is 0 Å². The summed E-state index contributed by atoms with van der Waals surface area (Å²) in [7, 11) is 0. The Balaban J connectivity index is 1.56. The SMILES string of the molecule is C[C@H](OCCCC1CCNCC1)c1ccc[nH]1. The fraction of sp³-hybridized carbons (Fsp3) is 0.714. The summed E-state index contributed by atoms with van der Waals surface area (Å²) in [5.41, 5.74) is 1.17. The molecule has 1 aliphatic rings. The van der Waals surface area contributed by atoms with E-state index in [0.29, 0.717) is 0 Å². The lowest BCUT2D eigenvalue weighted by Gasteiger charge is -2.22. The maximum Gasteiger partial charge on any atom is 0.0944 e. The smallest absolute Gasteiger partial charge is 0.0944 e. The number of hydrogen-bond acceptors (Lipinski definition) is 2. The van der Waals surface area contributed by atoms with Gasteiger partial charge < -0.3 is 15.0 Å². The van der Waals surface area contributed by atoms with Crippen LogP contribution in [0.3, 0.4) is 0 Å². The van der Waals surface area contributed by atoms with Crippen LogP contribution in [0.4, 0.5) is 0 Å². The van der Waals surface area contributed by atoms with E-state index < -0.39 is 0 Å². The Bertz CT molecular complexity index is 291. The molecule has 1 fully saturated rings. The highest BCUT2D eigenvalue weighted by atomic mass is 16.5. The maximum atomic E-state index is 5.83. The molecule has 0 spiro atoms. The van der Waals surface area contributed by atoms with Gasteiger partial charge in [0.25, 0.3) is 0 Å². The fourth-order valence-electron chi connectivity index (χ4n) is 2.49. The standard InChI is InChI=1S/C14H24N2O/c1-12(14-5-2-8-16-14)17-11-3-4-13-6-9-15-10-7-13/h2,5,8,12-13,15-16H,3-4,6-7,9-11H2,1H3/t12-/m0/s1. The van der Waals surface area contributed by atoms with Crippen LogP contribution in [0.1, 0.15) is 44.4 Å². The molecular weight excluding hydrogens is 212 g/mol. The first-order valence-electron chi connectivity index (χ1n) is 6.82. The van der Waals surface area contributed by atoms with Crippen LogP contribution in [0, 0.1) is 5.92 Å². The van der Waals surface area contributed by atoms with Crippen LogP contribution in [0.25, 0.3) is 0 Å².